The van der Waals surface area contributed by atoms with Gasteiger partial charge in [0, 0.05) is 62.5 Å². The molecular weight excluding hydrogens is 497 g/mol. The Bertz CT molecular complexity index is 1160. The Kier molecular flexibility index (Phi) is 7.26. The minimum absolute atomic E-state index is 0.00255. The maximum Gasteiger partial charge on any atom is 0.416 e. The largest absolute Gasteiger partial charge is 0.494 e. The predicted molar refractivity (Wildman–Crippen MR) is 138 cm³/mol. The fourth-order valence-corrected chi connectivity index (χ4v) is 6.06. The van der Waals surface area contributed by atoms with E-state index in [1.165, 1.54) is 12.1 Å². The van der Waals surface area contributed by atoms with E-state index in [1.807, 2.05) is 18.2 Å². The van der Waals surface area contributed by atoms with Crippen molar-refractivity contribution < 1.29 is 27.5 Å². The molecule has 10 heteroatoms. The first kappa shape index (κ1) is 26.3. The average molecular weight is 531 g/mol. The molecule has 2 bridgehead atoms. The molecule has 1 N–H and O–H groups in total. The van der Waals surface area contributed by atoms with Crippen LogP contribution in [0.3, 0.4) is 0 Å². The molecule has 2 heterocycles. The van der Waals surface area contributed by atoms with Crippen molar-refractivity contribution in [2.75, 3.05) is 63.6 Å². The van der Waals surface area contributed by atoms with Crippen molar-refractivity contribution in [1.29, 1.82) is 0 Å². The Morgan fingerprint density at radius 2 is 1.58 bits per heavy atom. The number of methoxy groups -OCH3 is 1. The molecule has 2 atom stereocenters. The molecule has 2 aliphatic heterocycles. The Hall–Kier alpha value is -3.27. The number of hydrogen-bond donors (Lipinski definition) is 1. The van der Waals surface area contributed by atoms with Crippen molar-refractivity contribution in [3.05, 3.63) is 53.6 Å². The Morgan fingerprint density at radius 3 is 2.16 bits per heavy atom. The van der Waals surface area contributed by atoms with E-state index in [9.17, 15) is 22.8 Å². The zero-order chi connectivity index (χ0) is 27.0. The third-order valence-corrected chi connectivity index (χ3v) is 8.19. The molecule has 3 aliphatic rings. The maximum absolute atomic E-state index is 13.4. The lowest BCUT2D eigenvalue weighted by Gasteiger charge is -2.37. The second-order valence-electron chi connectivity index (χ2n) is 10.6. The lowest BCUT2D eigenvalue weighted by atomic mass is 9.84. The topological polar surface area (TPSA) is 65.1 Å². The van der Waals surface area contributed by atoms with Gasteiger partial charge in [0.05, 0.1) is 18.4 Å². The number of halogens is 3. The molecule has 2 saturated heterocycles. The van der Waals surface area contributed by atoms with E-state index < -0.39 is 11.7 Å². The fourth-order valence-electron chi connectivity index (χ4n) is 6.06. The van der Waals surface area contributed by atoms with Gasteiger partial charge < -0.3 is 24.8 Å². The van der Waals surface area contributed by atoms with Gasteiger partial charge in [-0.3, -0.25) is 9.59 Å². The minimum atomic E-state index is -4.44. The normalized spacial score (nSPS) is 23.9. The number of rotatable bonds is 5. The van der Waals surface area contributed by atoms with Crippen molar-refractivity contribution in [3.8, 4) is 5.75 Å². The first-order valence-corrected chi connectivity index (χ1v) is 13.0. The molecule has 1 aliphatic carbocycles. The molecule has 7 nitrogen and oxygen atoms in total. The summed E-state index contributed by atoms with van der Waals surface area (Å²) in [7, 11) is 3.70. The Balaban J connectivity index is 1.24. The Morgan fingerprint density at radius 1 is 0.947 bits per heavy atom. The van der Waals surface area contributed by atoms with E-state index in [1.54, 1.807) is 12.0 Å². The number of likely N-dealkylation sites (tertiary alicyclic amines) is 1. The molecule has 1 saturated carbocycles. The van der Waals surface area contributed by atoms with Crippen LogP contribution in [0.5, 0.6) is 5.75 Å². The predicted octanol–water partition coefficient (Wildman–Crippen LogP) is 4.20. The standard InChI is InChI=1S/C28H33F3N4O3/c1-33-11-13-34(14-12-33)22-9-10-23(24(15-22)38-2)32-26(36)25-19-3-4-20(25)17-35(16-19)27(37)18-5-7-21(8-6-18)28(29,30)31/h5-10,15,19-20,25H,3-4,11-14,16-17H2,1-2H3,(H,32,36)/t19-,20-/m1/s1. The average Bonchev–Trinajstić information content (AvgIpc) is 3.18. The first-order chi connectivity index (χ1) is 18.1. The molecule has 3 fully saturated rings. The number of carbonyl (C=O) groups is 2. The zero-order valence-corrected chi connectivity index (χ0v) is 21.6. The van der Waals surface area contributed by atoms with Gasteiger partial charge >= 0.3 is 6.18 Å². The highest BCUT2D eigenvalue weighted by Gasteiger charge is 2.47. The van der Waals surface area contributed by atoms with Gasteiger partial charge in [0.2, 0.25) is 5.91 Å². The number of hydrogen-bond acceptors (Lipinski definition) is 5. The number of benzene rings is 2. The summed E-state index contributed by atoms with van der Waals surface area (Å²) in [6.45, 7) is 4.66. The highest BCUT2D eigenvalue weighted by Crippen LogP contribution is 2.43. The molecule has 2 amide bonds. The number of piperidine rings is 1. The van der Waals surface area contributed by atoms with Gasteiger partial charge in [-0.25, -0.2) is 0 Å². The summed E-state index contributed by atoms with van der Waals surface area (Å²) in [6.07, 6.45) is -2.78. The summed E-state index contributed by atoms with van der Waals surface area (Å²) in [6, 6.07) is 10.2. The van der Waals surface area contributed by atoms with Crippen LogP contribution in [0.1, 0.15) is 28.8 Å². The highest BCUT2D eigenvalue weighted by molar-refractivity contribution is 5.96. The number of alkyl halides is 3. The molecule has 2 aromatic rings. The van der Waals surface area contributed by atoms with E-state index in [0.29, 0.717) is 24.5 Å². The molecule has 0 aromatic heterocycles. The molecular formula is C28H33F3N4O3. The quantitative estimate of drug-likeness (QED) is 0.628. The highest BCUT2D eigenvalue weighted by atomic mass is 19.4. The van der Waals surface area contributed by atoms with Gasteiger partial charge in [0.15, 0.2) is 0 Å². The summed E-state index contributed by atoms with van der Waals surface area (Å²) < 4.78 is 44.3. The third-order valence-electron chi connectivity index (χ3n) is 8.19. The molecule has 2 aromatic carbocycles. The van der Waals surface area contributed by atoms with Crippen LogP contribution < -0.4 is 15.0 Å². The summed E-state index contributed by atoms with van der Waals surface area (Å²) in [5.74, 6) is 0.0108. The van der Waals surface area contributed by atoms with Crippen LogP contribution in [-0.2, 0) is 11.0 Å². The smallest absolute Gasteiger partial charge is 0.416 e. The minimum Gasteiger partial charge on any atom is -0.494 e. The van der Waals surface area contributed by atoms with Crippen LogP contribution in [0.25, 0.3) is 0 Å². The van der Waals surface area contributed by atoms with E-state index in [2.05, 4.69) is 22.2 Å². The molecule has 0 radical (unpaired) electrons. The number of carbonyl (C=O) groups excluding carboxylic acids is 2. The van der Waals surface area contributed by atoms with E-state index in [4.69, 9.17) is 4.74 Å². The molecule has 5 rings (SSSR count). The first-order valence-electron chi connectivity index (χ1n) is 13.0. The lowest BCUT2D eigenvalue weighted by Crippen LogP contribution is -2.48. The fraction of sp³-hybridized carbons (Fsp3) is 0.500. The van der Waals surface area contributed by atoms with Crippen molar-refractivity contribution in [2.45, 2.75) is 19.0 Å². The number of amides is 2. The Labute approximate surface area is 220 Å². The number of ether oxygens (including phenoxy) is 1. The van der Waals surface area contributed by atoms with Gasteiger partial charge in [0.25, 0.3) is 5.91 Å². The summed E-state index contributed by atoms with van der Waals surface area (Å²) in [4.78, 5) is 32.7. The monoisotopic (exact) mass is 530 g/mol. The van der Waals surface area contributed by atoms with Crippen molar-refractivity contribution in [3.63, 3.8) is 0 Å². The summed E-state index contributed by atoms with van der Waals surface area (Å²) in [5.41, 5.74) is 1.13. The second-order valence-corrected chi connectivity index (χ2v) is 10.6. The molecule has 38 heavy (non-hydrogen) atoms. The van der Waals surface area contributed by atoms with Crippen LogP contribution in [0.4, 0.5) is 24.5 Å². The molecule has 204 valence electrons. The van der Waals surface area contributed by atoms with Gasteiger partial charge in [-0.1, -0.05) is 0 Å². The van der Waals surface area contributed by atoms with Crippen molar-refractivity contribution >= 4 is 23.2 Å². The summed E-state index contributed by atoms with van der Waals surface area (Å²) >= 11 is 0. The van der Waals surface area contributed by atoms with Gasteiger partial charge in [-0.05, 0) is 68.1 Å². The molecule has 0 unspecified atom stereocenters. The number of fused-ring (bicyclic) bond motifs is 2. The van der Waals surface area contributed by atoms with E-state index >= 15 is 0 Å². The zero-order valence-electron chi connectivity index (χ0n) is 21.6. The maximum atomic E-state index is 13.4. The molecule has 0 spiro atoms. The van der Waals surface area contributed by atoms with E-state index in [0.717, 1.165) is 56.8 Å². The van der Waals surface area contributed by atoms with Crippen LogP contribution in [0.2, 0.25) is 0 Å². The lowest BCUT2D eigenvalue weighted by molar-refractivity contribution is -0.137. The van der Waals surface area contributed by atoms with Gasteiger partial charge in [-0.15, -0.1) is 0 Å². The number of anilines is 2. The van der Waals surface area contributed by atoms with Crippen LogP contribution in [0.15, 0.2) is 42.5 Å². The van der Waals surface area contributed by atoms with Crippen molar-refractivity contribution in [1.82, 2.24) is 9.80 Å². The van der Waals surface area contributed by atoms with Gasteiger partial charge in [-0.2, -0.15) is 13.2 Å². The third kappa shape index (κ3) is 5.32. The number of nitrogens with zero attached hydrogens (tertiary/aromatic N) is 3. The van der Waals surface area contributed by atoms with Crippen molar-refractivity contribution in [2.24, 2.45) is 17.8 Å². The number of likely N-dealkylation sites (N-methyl/N-ethyl adjacent to an activating group) is 1. The van der Waals surface area contributed by atoms with Crippen LogP contribution in [-0.4, -0.2) is 75.0 Å². The second kappa shape index (κ2) is 10.5. The van der Waals surface area contributed by atoms with Gasteiger partial charge in [0.1, 0.15) is 5.75 Å². The summed E-state index contributed by atoms with van der Waals surface area (Å²) in [5, 5.41) is 3.06. The van der Waals surface area contributed by atoms with E-state index in [-0.39, 0.29) is 35.1 Å². The van der Waals surface area contributed by atoms with Crippen LogP contribution >= 0.6 is 0 Å². The van der Waals surface area contributed by atoms with Crippen LogP contribution in [0, 0.1) is 17.8 Å². The number of piperazine rings is 1. The SMILES string of the molecule is COc1cc(N2CCN(C)CC2)ccc1NC(=O)C1[C@@H]2CC[C@@H]1CN(C(=O)c1ccc(C(F)(F)F)cc1)C2. The number of nitrogens with one attached hydrogen (secondary N) is 1.